The SMILES string of the molecule is CNC1CC(c2c(Cl)cccc2Cl)Oc2cc(Br)ccc21. The Balaban J connectivity index is 2.04. The monoisotopic (exact) mass is 385 g/mol. The molecular weight excluding hydrogens is 373 g/mol. The van der Waals surface area contributed by atoms with Gasteiger partial charge in [0.2, 0.25) is 0 Å². The summed E-state index contributed by atoms with van der Waals surface area (Å²) in [7, 11) is 1.95. The van der Waals surface area contributed by atoms with Crippen LogP contribution in [0.5, 0.6) is 5.75 Å². The van der Waals surface area contributed by atoms with E-state index >= 15 is 0 Å². The van der Waals surface area contributed by atoms with Crippen molar-refractivity contribution in [3.8, 4) is 5.75 Å². The summed E-state index contributed by atoms with van der Waals surface area (Å²) in [6.07, 6.45) is 0.625. The fraction of sp³-hybridized carbons (Fsp3) is 0.250. The van der Waals surface area contributed by atoms with Gasteiger partial charge in [-0.1, -0.05) is 51.3 Å². The van der Waals surface area contributed by atoms with E-state index in [1.807, 2.05) is 37.4 Å². The average molecular weight is 387 g/mol. The zero-order chi connectivity index (χ0) is 15.0. The molecule has 0 fully saturated rings. The van der Waals surface area contributed by atoms with Crippen LogP contribution < -0.4 is 10.1 Å². The molecule has 0 saturated heterocycles. The van der Waals surface area contributed by atoms with Crippen LogP contribution in [0.25, 0.3) is 0 Å². The van der Waals surface area contributed by atoms with E-state index in [1.54, 1.807) is 0 Å². The molecular formula is C16H14BrCl2NO. The molecule has 2 atom stereocenters. The van der Waals surface area contributed by atoms with Gasteiger partial charge in [0.25, 0.3) is 0 Å². The minimum absolute atomic E-state index is 0.162. The lowest BCUT2D eigenvalue weighted by Crippen LogP contribution is -2.27. The Morgan fingerprint density at radius 2 is 1.90 bits per heavy atom. The molecule has 2 aromatic carbocycles. The van der Waals surface area contributed by atoms with Gasteiger partial charge in [-0.15, -0.1) is 0 Å². The second kappa shape index (κ2) is 6.17. The molecule has 1 N–H and O–H groups in total. The van der Waals surface area contributed by atoms with Crippen LogP contribution in [0.15, 0.2) is 40.9 Å². The van der Waals surface area contributed by atoms with Crippen molar-refractivity contribution in [2.45, 2.75) is 18.6 Å². The fourth-order valence-corrected chi connectivity index (χ4v) is 3.69. The highest BCUT2D eigenvalue weighted by Crippen LogP contribution is 2.44. The summed E-state index contributed by atoms with van der Waals surface area (Å²) in [5, 5.41) is 4.62. The summed E-state index contributed by atoms with van der Waals surface area (Å²) in [6.45, 7) is 0. The minimum atomic E-state index is -0.162. The average Bonchev–Trinajstić information content (AvgIpc) is 2.45. The van der Waals surface area contributed by atoms with Crippen molar-refractivity contribution in [3.05, 3.63) is 62.0 Å². The molecule has 110 valence electrons. The van der Waals surface area contributed by atoms with Crippen molar-refractivity contribution in [2.24, 2.45) is 0 Å². The molecule has 0 radical (unpaired) electrons. The number of benzene rings is 2. The van der Waals surface area contributed by atoms with E-state index in [2.05, 4.69) is 27.3 Å². The van der Waals surface area contributed by atoms with Crippen LogP contribution in [0.3, 0.4) is 0 Å². The van der Waals surface area contributed by atoms with Crippen LogP contribution in [0.2, 0.25) is 10.0 Å². The van der Waals surface area contributed by atoms with Gasteiger partial charge in [-0.05, 0) is 31.3 Å². The van der Waals surface area contributed by atoms with Crippen LogP contribution in [0, 0.1) is 0 Å². The summed E-state index contributed by atoms with van der Waals surface area (Å²) >= 11 is 16.1. The quantitative estimate of drug-likeness (QED) is 0.731. The van der Waals surface area contributed by atoms with Gasteiger partial charge in [-0.3, -0.25) is 0 Å². The molecule has 0 spiro atoms. The van der Waals surface area contributed by atoms with Gasteiger partial charge < -0.3 is 10.1 Å². The first-order valence-electron chi connectivity index (χ1n) is 6.67. The first kappa shape index (κ1) is 15.2. The number of ether oxygens (including phenoxy) is 1. The van der Waals surface area contributed by atoms with Crippen molar-refractivity contribution < 1.29 is 4.74 Å². The molecule has 5 heteroatoms. The number of hydrogen-bond donors (Lipinski definition) is 1. The molecule has 2 nitrogen and oxygen atoms in total. The second-order valence-corrected chi connectivity index (χ2v) is 6.73. The summed E-state index contributed by atoms with van der Waals surface area (Å²) in [5.41, 5.74) is 2.01. The van der Waals surface area contributed by atoms with Crippen LogP contribution in [0.4, 0.5) is 0 Å². The van der Waals surface area contributed by atoms with E-state index < -0.39 is 0 Å². The predicted octanol–water partition coefficient (Wildman–Crippen LogP) is 5.54. The molecule has 0 aliphatic carbocycles. The number of fused-ring (bicyclic) bond motifs is 1. The van der Waals surface area contributed by atoms with E-state index in [-0.39, 0.29) is 12.1 Å². The number of nitrogens with one attached hydrogen (secondary N) is 1. The first-order chi connectivity index (χ1) is 10.1. The lowest BCUT2D eigenvalue weighted by atomic mass is 9.93. The Morgan fingerprint density at radius 1 is 1.19 bits per heavy atom. The van der Waals surface area contributed by atoms with Crippen molar-refractivity contribution in [1.29, 1.82) is 0 Å². The topological polar surface area (TPSA) is 21.3 Å². The Bertz CT molecular complexity index is 657. The molecule has 1 aliphatic rings. The lowest BCUT2D eigenvalue weighted by molar-refractivity contribution is 0.154. The zero-order valence-electron chi connectivity index (χ0n) is 11.4. The van der Waals surface area contributed by atoms with Crippen molar-refractivity contribution in [2.75, 3.05) is 7.05 Å². The number of halogens is 3. The van der Waals surface area contributed by atoms with Crippen LogP contribution >= 0.6 is 39.1 Å². The van der Waals surface area contributed by atoms with Crippen molar-refractivity contribution in [1.82, 2.24) is 5.32 Å². The maximum atomic E-state index is 6.32. The van der Waals surface area contributed by atoms with Gasteiger partial charge in [0.15, 0.2) is 0 Å². The Labute approximate surface area is 142 Å². The van der Waals surface area contributed by atoms with Crippen LogP contribution in [0.1, 0.15) is 29.7 Å². The van der Waals surface area contributed by atoms with Crippen molar-refractivity contribution >= 4 is 39.1 Å². The number of hydrogen-bond acceptors (Lipinski definition) is 2. The van der Waals surface area contributed by atoms with Gasteiger partial charge in [0, 0.05) is 38.1 Å². The van der Waals surface area contributed by atoms with Gasteiger partial charge in [0.1, 0.15) is 11.9 Å². The molecule has 1 aliphatic heterocycles. The Hall–Kier alpha value is -0.740. The largest absolute Gasteiger partial charge is 0.485 e. The van der Waals surface area contributed by atoms with E-state index in [1.165, 1.54) is 0 Å². The minimum Gasteiger partial charge on any atom is -0.485 e. The number of rotatable bonds is 2. The molecule has 0 saturated carbocycles. The third kappa shape index (κ3) is 2.93. The highest BCUT2D eigenvalue weighted by atomic mass is 79.9. The molecule has 0 amide bonds. The highest BCUT2D eigenvalue weighted by Gasteiger charge is 2.31. The second-order valence-electron chi connectivity index (χ2n) is 5.00. The normalized spacial score (nSPS) is 20.8. The standard InChI is InChI=1S/C16H14BrCl2NO/c1-20-13-8-15(16-11(18)3-2-4-12(16)19)21-14-7-9(17)5-6-10(13)14/h2-7,13,15,20H,8H2,1H3. The van der Waals surface area contributed by atoms with Gasteiger partial charge >= 0.3 is 0 Å². The summed E-state index contributed by atoms with van der Waals surface area (Å²) in [4.78, 5) is 0. The molecule has 0 aromatic heterocycles. The molecule has 2 unspecified atom stereocenters. The maximum Gasteiger partial charge on any atom is 0.128 e. The molecule has 1 heterocycles. The zero-order valence-corrected chi connectivity index (χ0v) is 14.5. The summed E-state index contributed by atoms with van der Waals surface area (Å²) < 4.78 is 7.14. The van der Waals surface area contributed by atoms with Crippen molar-refractivity contribution in [3.63, 3.8) is 0 Å². The highest BCUT2D eigenvalue weighted by molar-refractivity contribution is 9.10. The van der Waals surface area contributed by atoms with Gasteiger partial charge in [0.05, 0.1) is 0 Å². The van der Waals surface area contributed by atoms with Crippen LogP contribution in [-0.2, 0) is 0 Å². The maximum absolute atomic E-state index is 6.32. The van der Waals surface area contributed by atoms with E-state index in [0.717, 1.165) is 27.8 Å². The third-order valence-corrected chi connectivity index (χ3v) is 4.89. The summed E-state index contributed by atoms with van der Waals surface area (Å²) in [5.74, 6) is 0.857. The van der Waals surface area contributed by atoms with E-state index in [9.17, 15) is 0 Å². The lowest BCUT2D eigenvalue weighted by Gasteiger charge is -2.33. The first-order valence-corrected chi connectivity index (χ1v) is 8.22. The fourth-order valence-electron chi connectivity index (χ4n) is 2.71. The Morgan fingerprint density at radius 3 is 2.57 bits per heavy atom. The smallest absolute Gasteiger partial charge is 0.128 e. The van der Waals surface area contributed by atoms with E-state index in [0.29, 0.717) is 10.0 Å². The van der Waals surface area contributed by atoms with Crippen LogP contribution in [-0.4, -0.2) is 7.05 Å². The van der Waals surface area contributed by atoms with Gasteiger partial charge in [-0.2, -0.15) is 0 Å². The summed E-state index contributed by atoms with van der Waals surface area (Å²) in [6, 6.07) is 11.8. The molecule has 2 aromatic rings. The molecule has 0 bridgehead atoms. The molecule has 21 heavy (non-hydrogen) atoms. The predicted molar refractivity (Wildman–Crippen MR) is 90.4 cm³/mol. The third-order valence-electron chi connectivity index (χ3n) is 3.74. The van der Waals surface area contributed by atoms with E-state index in [4.69, 9.17) is 27.9 Å². The molecule has 3 rings (SSSR count). The Kier molecular flexibility index (Phi) is 4.46. The van der Waals surface area contributed by atoms with Gasteiger partial charge in [-0.25, -0.2) is 0 Å².